The molecule has 8 heteroatoms. The quantitative estimate of drug-likeness (QED) is 0.194. The predicted octanol–water partition coefficient (Wildman–Crippen LogP) is 6.06. The fraction of sp³-hybridized carbons (Fsp3) is 0.280. The van der Waals surface area contributed by atoms with Gasteiger partial charge in [-0.15, -0.1) is 11.8 Å². The monoisotopic (exact) mass is 485 g/mol. The highest BCUT2D eigenvalue weighted by Gasteiger charge is 2.26. The number of rotatable bonds is 9. The molecule has 1 amide bonds. The van der Waals surface area contributed by atoms with Gasteiger partial charge in [-0.1, -0.05) is 37.3 Å². The number of nitrogens with one attached hydrogen (secondary N) is 1. The van der Waals surface area contributed by atoms with Crippen molar-refractivity contribution in [2.75, 3.05) is 23.9 Å². The number of hydrogen-bond acceptors (Lipinski definition) is 7. The van der Waals surface area contributed by atoms with Gasteiger partial charge in [-0.25, -0.2) is 4.79 Å². The van der Waals surface area contributed by atoms with Gasteiger partial charge in [-0.3, -0.25) is 10.1 Å². The van der Waals surface area contributed by atoms with Gasteiger partial charge in [0.15, 0.2) is 0 Å². The molecule has 2 N–H and O–H groups in total. The van der Waals surface area contributed by atoms with Gasteiger partial charge in [0.05, 0.1) is 12.4 Å². The minimum Gasteiger partial charge on any atom is -0.507 e. The number of amides is 1. The van der Waals surface area contributed by atoms with E-state index in [0.717, 1.165) is 15.8 Å². The summed E-state index contributed by atoms with van der Waals surface area (Å²) in [5, 5.41) is 14.5. The molecule has 0 saturated heterocycles. The number of phenolic OH excluding ortho intramolecular Hbond substituents is 1. The second-order valence-corrected chi connectivity index (χ2v) is 8.74. The fourth-order valence-electron chi connectivity index (χ4n) is 3.53. The Morgan fingerprint density at radius 3 is 2.42 bits per heavy atom. The van der Waals surface area contributed by atoms with Gasteiger partial charge in [0.1, 0.15) is 11.9 Å². The molecule has 6 nitrogen and oxygen atoms in total. The van der Waals surface area contributed by atoms with Crippen LogP contribution < -0.4 is 5.32 Å². The average Bonchev–Trinajstić information content (AvgIpc) is 2.83. The Balaban J connectivity index is 1.84. The highest BCUT2D eigenvalue weighted by molar-refractivity contribution is 7.98. The van der Waals surface area contributed by atoms with Crippen LogP contribution in [0.3, 0.4) is 0 Å². The number of phenols is 1. The standard InChI is InChI=1S/C25H27NO5S2/c1-16(13-14-30-23(28)15-32)24(21-11-12-22(27)20-6-4-3-5-19(20)21)31-25(29)26-17-7-9-18(33-2)10-8-17/h3-12,16,24,27,32H,13-15H2,1-2H3,(H,26,29)/t16-,24-/m1/s1. The number of ether oxygens (including phenoxy) is 2. The first-order valence-electron chi connectivity index (χ1n) is 10.5. The van der Waals surface area contributed by atoms with Crippen molar-refractivity contribution in [3.8, 4) is 5.75 Å². The highest BCUT2D eigenvalue weighted by atomic mass is 32.2. The van der Waals surface area contributed by atoms with E-state index in [1.54, 1.807) is 23.9 Å². The van der Waals surface area contributed by atoms with E-state index in [1.165, 1.54) is 0 Å². The van der Waals surface area contributed by atoms with E-state index in [4.69, 9.17) is 9.47 Å². The van der Waals surface area contributed by atoms with Crippen LogP contribution in [0.25, 0.3) is 10.8 Å². The number of hydrogen-bond donors (Lipinski definition) is 3. The van der Waals surface area contributed by atoms with Gasteiger partial charge in [-0.05, 0) is 48.4 Å². The van der Waals surface area contributed by atoms with Gasteiger partial charge in [-0.2, -0.15) is 12.6 Å². The Bertz CT molecular complexity index is 1100. The van der Waals surface area contributed by atoms with Crippen molar-refractivity contribution in [2.45, 2.75) is 24.3 Å². The molecule has 0 aromatic heterocycles. The summed E-state index contributed by atoms with van der Waals surface area (Å²) in [6.07, 6.45) is 1.25. The van der Waals surface area contributed by atoms with E-state index in [-0.39, 0.29) is 24.0 Å². The molecule has 174 valence electrons. The maximum atomic E-state index is 12.8. The second-order valence-electron chi connectivity index (χ2n) is 7.54. The van der Waals surface area contributed by atoms with Crippen LogP contribution in [0.5, 0.6) is 5.75 Å². The number of carbonyl (C=O) groups excluding carboxylic acids is 2. The number of anilines is 1. The zero-order valence-electron chi connectivity index (χ0n) is 18.5. The number of esters is 1. The van der Waals surface area contributed by atoms with Gasteiger partial charge in [0.25, 0.3) is 0 Å². The summed E-state index contributed by atoms with van der Waals surface area (Å²) in [6.45, 7) is 2.12. The topological polar surface area (TPSA) is 84.9 Å². The van der Waals surface area contributed by atoms with Crippen LogP contribution in [0, 0.1) is 5.92 Å². The molecule has 0 unspecified atom stereocenters. The van der Waals surface area contributed by atoms with Gasteiger partial charge < -0.3 is 14.6 Å². The number of benzene rings is 3. The molecule has 0 aliphatic rings. The Morgan fingerprint density at radius 1 is 1.06 bits per heavy atom. The Labute approximate surface area is 203 Å². The van der Waals surface area contributed by atoms with Crippen LogP contribution in [0.4, 0.5) is 10.5 Å². The summed E-state index contributed by atoms with van der Waals surface area (Å²) in [4.78, 5) is 25.3. The molecule has 0 heterocycles. The molecule has 0 fully saturated rings. The van der Waals surface area contributed by atoms with Crippen molar-refractivity contribution < 1.29 is 24.2 Å². The Kier molecular flexibility index (Phi) is 8.91. The van der Waals surface area contributed by atoms with E-state index >= 15 is 0 Å². The molecule has 0 aliphatic carbocycles. The lowest BCUT2D eigenvalue weighted by atomic mass is 9.90. The Hall–Kier alpha value is -2.84. The first kappa shape index (κ1) is 24.8. The molecular weight excluding hydrogens is 458 g/mol. The largest absolute Gasteiger partial charge is 0.507 e. The van der Waals surface area contributed by atoms with Crippen molar-refractivity contribution in [1.29, 1.82) is 0 Å². The first-order chi connectivity index (χ1) is 15.9. The summed E-state index contributed by atoms with van der Waals surface area (Å²) in [5.74, 6) is -0.407. The number of thiol groups is 1. The summed E-state index contributed by atoms with van der Waals surface area (Å²) < 4.78 is 11.1. The molecule has 0 radical (unpaired) electrons. The molecular formula is C25H27NO5S2. The molecule has 0 bridgehead atoms. The third kappa shape index (κ3) is 6.58. The minimum atomic E-state index is -0.629. The van der Waals surface area contributed by atoms with Crippen molar-refractivity contribution in [3.63, 3.8) is 0 Å². The molecule has 3 aromatic rings. The van der Waals surface area contributed by atoms with E-state index < -0.39 is 18.2 Å². The Morgan fingerprint density at radius 2 is 1.76 bits per heavy atom. The first-order valence-corrected chi connectivity index (χ1v) is 12.4. The van der Waals surface area contributed by atoms with Crippen molar-refractivity contribution in [2.24, 2.45) is 5.92 Å². The number of fused-ring (bicyclic) bond motifs is 1. The van der Waals surface area contributed by atoms with Crippen molar-refractivity contribution in [3.05, 3.63) is 66.2 Å². The third-order valence-electron chi connectivity index (χ3n) is 5.29. The van der Waals surface area contributed by atoms with Gasteiger partial charge in [0, 0.05) is 27.5 Å². The summed E-state index contributed by atoms with van der Waals surface area (Å²) in [7, 11) is 0. The average molecular weight is 486 g/mol. The molecule has 3 aromatic carbocycles. The van der Waals surface area contributed by atoms with Crippen LogP contribution in [0.1, 0.15) is 25.0 Å². The van der Waals surface area contributed by atoms with Gasteiger partial charge in [0.2, 0.25) is 0 Å². The lowest BCUT2D eigenvalue weighted by Gasteiger charge is -2.26. The number of thioether (sulfide) groups is 1. The molecule has 2 atom stereocenters. The van der Waals surface area contributed by atoms with E-state index in [9.17, 15) is 14.7 Å². The minimum absolute atomic E-state index is 0.00857. The van der Waals surface area contributed by atoms with Crippen LogP contribution in [0.2, 0.25) is 0 Å². The summed E-state index contributed by atoms with van der Waals surface area (Å²) in [6, 6.07) is 18.2. The second kappa shape index (κ2) is 11.9. The van der Waals surface area contributed by atoms with Crippen LogP contribution in [-0.4, -0.2) is 35.8 Å². The molecule has 0 aliphatic heterocycles. The fourth-order valence-corrected chi connectivity index (χ4v) is 4.03. The lowest BCUT2D eigenvalue weighted by Crippen LogP contribution is -2.23. The van der Waals surface area contributed by atoms with E-state index in [0.29, 0.717) is 17.5 Å². The summed E-state index contributed by atoms with van der Waals surface area (Å²) in [5.41, 5.74) is 1.40. The predicted molar refractivity (Wildman–Crippen MR) is 135 cm³/mol. The molecule has 33 heavy (non-hydrogen) atoms. The third-order valence-corrected chi connectivity index (χ3v) is 6.30. The summed E-state index contributed by atoms with van der Waals surface area (Å²) >= 11 is 5.53. The van der Waals surface area contributed by atoms with Crippen LogP contribution in [-0.2, 0) is 14.3 Å². The van der Waals surface area contributed by atoms with Crippen molar-refractivity contribution in [1.82, 2.24) is 0 Å². The van der Waals surface area contributed by atoms with E-state index in [2.05, 4.69) is 17.9 Å². The molecule has 3 rings (SSSR count). The lowest BCUT2D eigenvalue weighted by molar-refractivity contribution is -0.141. The zero-order chi connectivity index (χ0) is 23.8. The zero-order valence-corrected chi connectivity index (χ0v) is 20.2. The normalized spacial score (nSPS) is 12.7. The SMILES string of the molecule is CSc1ccc(NC(=O)O[C@@H](c2ccc(O)c3ccccc23)[C@H](C)CCOC(=O)CS)cc1. The van der Waals surface area contributed by atoms with Crippen LogP contribution >= 0.6 is 24.4 Å². The molecule has 0 saturated carbocycles. The van der Waals surface area contributed by atoms with Crippen LogP contribution in [0.15, 0.2) is 65.6 Å². The van der Waals surface area contributed by atoms with E-state index in [1.807, 2.05) is 61.7 Å². The highest BCUT2D eigenvalue weighted by Crippen LogP contribution is 2.37. The van der Waals surface area contributed by atoms with Gasteiger partial charge >= 0.3 is 12.1 Å². The number of aromatic hydroxyl groups is 1. The maximum absolute atomic E-state index is 12.8. The number of carbonyl (C=O) groups is 2. The van der Waals surface area contributed by atoms with Crippen molar-refractivity contribution >= 4 is 52.9 Å². The molecule has 0 spiro atoms. The maximum Gasteiger partial charge on any atom is 0.412 e. The smallest absolute Gasteiger partial charge is 0.412 e.